The topological polar surface area (TPSA) is 99.5 Å². The van der Waals surface area contributed by atoms with Crippen LogP contribution in [0, 0.1) is 6.92 Å². The van der Waals surface area contributed by atoms with Crippen LogP contribution < -0.4 is 16.0 Å². The number of nitrogens with one attached hydrogen (secondary N) is 3. The average molecular weight is 407 g/mol. The second-order valence-electron chi connectivity index (χ2n) is 7.71. The van der Waals surface area contributed by atoms with Crippen molar-refractivity contribution < 1.29 is 4.79 Å². The molecule has 2 heterocycles. The van der Waals surface area contributed by atoms with Gasteiger partial charge in [-0.3, -0.25) is 9.69 Å². The maximum absolute atomic E-state index is 11.9. The zero-order chi connectivity index (χ0) is 21.1. The molecule has 3 N–H and O–H groups in total. The molecule has 0 aromatic carbocycles. The summed E-state index contributed by atoms with van der Waals surface area (Å²) in [4.78, 5) is 18.9. The number of hydrogen-bond donors (Lipinski definition) is 3. The molecular formula is C20H38N8O. The Balaban J connectivity index is 1.84. The number of aryl methyl sites for hydroxylation is 1. The van der Waals surface area contributed by atoms with Crippen LogP contribution in [0.5, 0.6) is 0 Å². The Kier molecular flexibility index (Phi) is 9.90. The first kappa shape index (κ1) is 23.1. The van der Waals surface area contributed by atoms with E-state index < -0.39 is 0 Å². The molecule has 1 amide bonds. The Hall–Kier alpha value is -2.16. The predicted octanol–water partition coefficient (Wildman–Crippen LogP) is 0.949. The molecule has 1 aromatic rings. The minimum absolute atomic E-state index is 0.126. The molecule has 29 heavy (non-hydrogen) atoms. The van der Waals surface area contributed by atoms with E-state index in [-0.39, 0.29) is 5.91 Å². The lowest BCUT2D eigenvalue weighted by molar-refractivity contribution is -0.122. The molecule has 2 rings (SSSR count). The lowest BCUT2D eigenvalue weighted by Crippen LogP contribution is -2.50. The van der Waals surface area contributed by atoms with Crippen LogP contribution in [0.4, 0.5) is 0 Å². The Morgan fingerprint density at radius 2 is 1.90 bits per heavy atom. The molecule has 0 aliphatic carbocycles. The molecule has 0 radical (unpaired) electrons. The predicted molar refractivity (Wildman–Crippen MR) is 116 cm³/mol. The molecule has 1 fully saturated rings. The number of likely N-dealkylation sites (tertiary alicyclic amines) is 1. The van der Waals surface area contributed by atoms with Crippen LogP contribution >= 0.6 is 0 Å². The van der Waals surface area contributed by atoms with Crippen LogP contribution in [0.1, 0.15) is 57.6 Å². The van der Waals surface area contributed by atoms with Crippen molar-refractivity contribution in [2.24, 2.45) is 12.0 Å². The van der Waals surface area contributed by atoms with Gasteiger partial charge in [-0.1, -0.05) is 20.3 Å². The van der Waals surface area contributed by atoms with Crippen LogP contribution in [0.2, 0.25) is 0 Å². The first-order chi connectivity index (χ1) is 14.0. The van der Waals surface area contributed by atoms with Gasteiger partial charge in [0.25, 0.3) is 0 Å². The van der Waals surface area contributed by atoms with Crippen molar-refractivity contribution in [3.8, 4) is 0 Å². The number of hydrogen-bond acceptors (Lipinski definition) is 5. The molecule has 1 aromatic heterocycles. The van der Waals surface area contributed by atoms with E-state index in [4.69, 9.17) is 4.99 Å². The maximum atomic E-state index is 11.9. The zero-order valence-electron chi connectivity index (χ0n) is 18.5. The van der Waals surface area contributed by atoms with Gasteiger partial charge in [0.2, 0.25) is 5.91 Å². The lowest BCUT2D eigenvalue weighted by Gasteiger charge is -2.32. The van der Waals surface area contributed by atoms with E-state index in [0.29, 0.717) is 19.1 Å². The smallest absolute Gasteiger partial charge is 0.234 e. The standard InChI is InChI=1S/C20H38N8O/c1-5-7-11-22-20(23-14-18-26-25-16(3)27(18)4)24-17-8-12-28(13-9-17)15-19(29)21-10-6-2/h17H,5-15H2,1-4H3,(H,21,29)(H2,22,23,24). The summed E-state index contributed by atoms with van der Waals surface area (Å²) in [5.74, 6) is 2.70. The third-order valence-electron chi connectivity index (χ3n) is 5.25. The summed E-state index contributed by atoms with van der Waals surface area (Å²) in [7, 11) is 1.96. The van der Waals surface area contributed by atoms with Crippen molar-refractivity contribution in [2.45, 2.75) is 65.5 Å². The normalized spacial score (nSPS) is 16.1. The molecule has 9 heteroatoms. The van der Waals surface area contributed by atoms with Crippen molar-refractivity contribution in [1.29, 1.82) is 0 Å². The second-order valence-corrected chi connectivity index (χ2v) is 7.71. The highest BCUT2D eigenvalue weighted by Gasteiger charge is 2.21. The van der Waals surface area contributed by atoms with Gasteiger partial charge in [-0.05, 0) is 32.6 Å². The van der Waals surface area contributed by atoms with Crippen molar-refractivity contribution in [3.63, 3.8) is 0 Å². The number of guanidine groups is 1. The lowest BCUT2D eigenvalue weighted by atomic mass is 10.1. The number of carbonyl (C=O) groups excluding carboxylic acids is 1. The highest BCUT2D eigenvalue weighted by atomic mass is 16.2. The van der Waals surface area contributed by atoms with E-state index in [1.165, 1.54) is 0 Å². The van der Waals surface area contributed by atoms with Crippen LogP contribution in [-0.2, 0) is 18.4 Å². The number of piperidine rings is 1. The fraction of sp³-hybridized carbons (Fsp3) is 0.800. The molecule has 1 aliphatic heterocycles. The van der Waals surface area contributed by atoms with Gasteiger partial charge in [0, 0.05) is 39.3 Å². The third-order valence-corrected chi connectivity index (χ3v) is 5.25. The summed E-state index contributed by atoms with van der Waals surface area (Å²) in [5.41, 5.74) is 0. The van der Waals surface area contributed by atoms with Crippen molar-refractivity contribution in [1.82, 2.24) is 35.6 Å². The molecule has 0 atom stereocenters. The van der Waals surface area contributed by atoms with E-state index in [2.05, 4.69) is 44.9 Å². The van der Waals surface area contributed by atoms with Gasteiger partial charge < -0.3 is 20.5 Å². The third kappa shape index (κ3) is 8.00. The van der Waals surface area contributed by atoms with Crippen molar-refractivity contribution in [2.75, 3.05) is 32.7 Å². The van der Waals surface area contributed by atoms with E-state index in [1.807, 2.05) is 18.5 Å². The number of unbranched alkanes of at least 4 members (excludes halogenated alkanes) is 1. The van der Waals surface area contributed by atoms with Crippen LogP contribution in [-0.4, -0.2) is 70.3 Å². The van der Waals surface area contributed by atoms with E-state index in [1.54, 1.807) is 0 Å². The highest BCUT2D eigenvalue weighted by Crippen LogP contribution is 2.10. The van der Waals surface area contributed by atoms with E-state index in [0.717, 1.165) is 75.9 Å². The number of nitrogens with zero attached hydrogens (tertiary/aromatic N) is 5. The number of carbonyl (C=O) groups is 1. The van der Waals surface area contributed by atoms with Crippen LogP contribution in [0.3, 0.4) is 0 Å². The fourth-order valence-electron chi connectivity index (χ4n) is 3.23. The Labute approximate surface area is 174 Å². The fourth-order valence-corrected chi connectivity index (χ4v) is 3.23. The summed E-state index contributed by atoms with van der Waals surface area (Å²) in [6, 6.07) is 0.360. The molecule has 1 saturated heterocycles. The van der Waals surface area contributed by atoms with Crippen LogP contribution in [0.15, 0.2) is 4.99 Å². The molecule has 164 valence electrons. The Morgan fingerprint density at radius 1 is 1.14 bits per heavy atom. The largest absolute Gasteiger partial charge is 0.356 e. The minimum atomic E-state index is 0.126. The zero-order valence-corrected chi connectivity index (χ0v) is 18.5. The summed E-state index contributed by atoms with van der Waals surface area (Å²) in [6.07, 6.45) is 5.21. The van der Waals surface area contributed by atoms with Gasteiger partial charge in [0.05, 0.1) is 6.54 Å². The quantitative estimate of drug-likeness (QED) is 0.304. The summed E-state index contributed by atoms with van der Waals surface area (Å²) in [5, 5.41) is 18.3. The van der Waals surface area contributed by atoms with Crippen LogP contribution in [0.25, 0.3) is 0 Å². The number of aliphatic imine (C=N–C) groups is 1. The van der Waals surface area contributed by atoms with Gasteiger partial charge in [0.1, 0.15) is 12.4 Å². The van der Waals surface area contributed by atoms with Crippen molar-refractivity contribution >= 4 is 11.9 Å². The number of amides is 1. The number of rotatable bonds is 10. The molecule has 0 bridgehead atoms. The molecule has 0 unspecified atom stereocenters. The first-order valence-electron chi connectivity index (χ1n) is 10.9. The van der Waals surface area contributed by atoms with Gasteiger partial charge >= 0.3 is 0 Å². The number of aromatic nitrogens is 3. The van der Waals surface area contributed by atoms with Crippen molar-refractivity contribution in [3.05, 3.63) is 11.6 Å². The summed E-state index contributed by atoms with van der Waals surface area (Å²) >= 11 is 0. The maximum Gasteiger partial charge on any atom is 0.234 e. The SMILES string of the molecule is CCCCNC(=NCc1nnc(C)n1C)NC1CCN(CC(=O)NCCC)CC1. The summed E-state index contributed by atoms with van der Waals surface area (Å²) < 4.78 is 1.97. The minimum Gasteiger partial charge on any atom is -0.356 e. The van der Waals surface area contributed by atoms with E-state index >= 15 is 0 Å². The van der Waals surface area contributed by atoms with E-state index in [9.17, 15) is 4.79 Å². The van der Waals surface area contributed by atoms with Gasteiger partial charge in [0.15, 0.2) is 11.8 Å². The average Bonchev–Trinajstić information content (AvgIpc) is 3.04. The molecule has 0 saturated carbocycles. The summed E-state index contributed by atoms with van der Waals surface area (Å²) in [6.45, 7) is 10.7. The van der Waals surface area contributed by atoms with Gasteiger partial charge in [-0.15, -0.1) is 10.2 Å². The molecular weight excluding hydrogens is 368 g/mol. The first-order valence-corrected chi connectivity index (χ1v) is 10.9. The Morgan fingerprint density at radius 3 is 2.52 bits per heavy atom. The molecule has 1 aliphatic rings. The van der Waals surface area contributed by atoms with Gasteiger partial charge in [-0.25, -0.2) is 4.99 Å². The Bertz CT molecular complexity index is 649. The molecule has 9 nitrogen and oxygen atoms in total. The monoisotopic (exact) mass is 406 g/mol. The second kappa shape index (κ2) is 12.4. The van der Waals surface area contributed by atoms with Gasteiger partial charge in [-0.2, -0.15) is 0 Å². The highest BCUT2D eigenvalue weighted by molar-refractivity contribution is 5.80. The molecule has 0 spiro atoms.